The summed E-state index contributed by atoms with van der Waals surface area (Å²) in [7, 11) is 0. The van der Waals surface area contributed by atoms with Gasteiger partial charge in [-0.1, -0.05) is 27.7 Å². The number of hydrogen-bond donors (Lipinski definition) is 1. The largest absolute Gasteiger partial charge is 0.464 e. The van der Waals surface area contributed by atoms with Crippen molar-refractivity contribution < 1.29 is 14.0 Å². The quantitative estimate of drug-likeness (QED) is 0.927. The molecule has 1 aliphatic heterocycles. The summed E-state index contributed by atoms with van der Waals surface area (Å²) in [4.78, 5) is 26.1. The first-order valence-corrected chi connectivity index (χ1v) is 8.40. The molecule has 0 unspecified atom stereocenters. The molecule has 1 aliphatic rings. The predicted octanol–water partition coefficient (Wildman–Crippen LogP) is 3.06. The smallest absolute Gasteiger partial charge is 0.243 e. The number of amides is 2. The molecular weight excluding hydrogens is 292 g/mol. The monoisotopic (exact) mass is 320 g/mol. The van der Waals surface area contributed by atoms with Crippen LogP contribution in [0.4, 0.5) is 0 Å². The van der Waals surface area contributed by atoms with Crippen molar-refractivity contribution in [2.75, 3.05) is 6.54 Å². The summed E-state index contributed by atoms with van der Waals surface area (Å²) in [6.45, 7) is 10.4. The summed E-state index contributed by atoms with van der Waals surface area (Å²) in [5.74, 6) is 1.55. The minimum Gasteiger partial charge on any atom is -0.464 e. The number of carbonyl (C=O) groups excluding carboxylic acids is 2. The van der Waals surface area contributed by atoms with Crippen molar-refractivity contribution in [1.82, 2.24) is 10.2 Å². The number of likely N-dealkylation sites (tertiary alicyclic amines) is 1. The second-order valence-electron chi connectivity index (χ2n) is 7.34. The van der Waals surface area contributed by atoms with Crippen molar-refractivity contribution in [3.05, 3.63) is 23.7 Å². The summed E-state index contributed by atoms with van der Waals surface area (Å²) in [5.41, 5.74) is -0.182. The Kier molecular flexibility index (Phi) is 5.17. The molecule has 23 heavy (non-hydrogen) atoms. The summed E-state index contributed by atoms with van der Waals surface area (Å²) in [6, 6.07) is 3.31. The summed E-state index contributed by atoms with van der Waals surface area (Å²) in [5, 5.41) is 3.11. The molecule has 2 atom stereocenters. The Bertz CT molecular complexity index is 571. The molecule has 0 spiro atoms. The van der Waals surface area contributed by atoms with E-state index < -0.39 is 0 Å². The normalized spacial score (nSPS) is 19.7. The standard InChI is InChI=1S/C18H28N2O3/c1-6-13-9-10-15(23-13)16(18(3,4)5)19-17(22)14-8-7-11-20(14)12(2)21/h9-10,14,16H,6-8,11H2,1-5H3,(H,19,22)/t14-,16+/m0/s1. The van der Waals surface area contributed by atoms with E-state index in [9.17, 15) is 9.59 Å². The van der Waals surface area contributed by atoms with Gasteiger partial charge in [0.05, 0.1) is 6.04 Å². The third-order valence-corrected chi connectivity index (χ3v) is 4.43. The SMILES string of the molecule is CCc1ccc([C@@H](NC(=O)[C@@H]2CCCN2C(C)=O)C(C)(C)C)o1. The average molecular weight is 320 g/mol. The predicted molar refractivity (Wildman–Crippen MR) is 88.8 cm³/mol. The Morgan fingerprint density at radius 2 is 2.09 bits per heavy atom. The Morgan fingerprint density at radius 3 is 2.61 bits per heavy atom. The molecule has 2 rings (SSSR count). The lowest BCUT2D eigenvalue weighted by Crippen LogP contribution is -2.48. The van der Waals surface area contributed by atoms with Crippen LogP contribution in [0.3, 0.4) is 0 Å². The fraction of sp³-hybridized carbons (Fsp3) is 0.667. The number of nitrogens with zero attached hydrogens (tertiary/aromatic N) is 1. The molecule has 0 bridgehead atoms. The van der Waals surface area contributed by atoms with Crippen molar-refractivity contribution in [3.63, 3.8) is 0 Å². The van der Waals surface area contributed by atoms with Gasteiger partial charge in [-0.15, -0.1) is 0 Å². The fourth-order valence-corrected chi connectivity index (χ4v) is 3.11. The maximum Gasteiger partial charge on any atom is 0.243 e. The van der Waals surface area contributed by atoms with Crippen LogP contribution in [0.5, 0.6) is 0 Å². The third-order valence-electron chi connectivity index (χ3n) is 4.43. The number of furan rings is 1. The summed E-state index contributed by atoms with van der Waals surface area (Å²) >= 11 is 0. The van der Waals surface area contributed by atoms with Gasteiger partial charge in [0, 0.05) is 19.9 Å². The van der Waals surface area contributed by atoms with Crippen molar-refractivity contribution in [1.29, 1.82) is 0 Å². The number of aryl methyl sites for hydroxylation is 1. The maximum absolute atomic E-state index is 12.7. The highest BCUT2D eigenvalue weighted by atomic mass is 16.3. The lowest BCUT2D eigenvalue weighted by molar-refractivity contribution is -0.137. The van der Waals surface area contributed by atoms with Gasteiger partial charge in [-0.2, -0.15) is 0 Å². The van der Waals surface area contributed by atoms with E-state index in [-0.39, 0.29) is 29.3 Å². The van der Waals surface area contributed by atoms with Gasteiger partial charge in [0.25, 0.3) is 0 Å². The minimum atomic E-state index is -0.363. The summed E-state index contributed by atoms with van der Waals surface area (Å²) < 4.78 is 5.86. The van der Waals surface area contributed by atoms with Crippen LogP contribution in [-0.2, 0) is 16.0 Å². The van der Waals surface area contributed by atoms with Crippen LogP contribution in [0, 0.1) is 5.41 Å². The molecule has 1 aromatic heterocycles. The van der Waals surface area contributed by atoms with Gasteiger partial charge < -0.3 is 14.6 Å². The van der Waals surface area contributed by atoms with Crippen LogP contribution in [0.25, 0.3) is 0 Å². The highest BCUT2D eigenvalue weighted by Crippen LogP contribution is 2.34. The first-order chi connectivity index (χ1) is 10.7. The molecule has 5 nitrogen and oxygen atoms in total. The van der Waals surface area contributed by atoms with Crippen LogP contribution in [0.2, 0.25) is 0 Å². The molecule has 1 N–H and O–H groups in total. The third kappa shape index (κ3) is 3.95. The van der Waals surface area contributed by atoms with Gasteiger partial charge in [-0.3, -0.25) is 9.59 Å². The van der Waals surface area contributed by atoms with Crippen LogP contribution in [0.1, 0.15) is 65.0 Å². The molecule has 0 radical (unpaired) electrons. The fourth-order valence-electron chi connectivity index (χ4n) is 3.11. The van der Waals surface area contributed by atoms with Gasteiger partial charge in [-0.05, 0) is 30.4 Å². The van der Waals surface area contributed by atoms with Crippen molar-refractivity contribution in [2.24, 2.45) is 5.41 Å². The molecule has 128 valence electrons. The van der Waals surface area contributed by atoms with E-state index in [1.807, 2.05) is 19.1 Å². The first-order valence-electron chi connectivity index (χ1n) is 8.40. The molecule has 1 saturated heterocycles. The zero-order valence-electron chi connectivity index (χ0n) is 14.8. The van der Waals surface area contributed by atoms with Gasteiger partial charge in [-0.25, -0.2) is 0 Å². The van der Waals surface area contributed by atoms with Gasteiger partial charge in [0.2, 0.25) is 11.8 Å². The van der Waals surface area contributed by atoms with Crippen molar-refractivity contribution >= 4 is 11.8 Å². The van der Waals surface area contributed by atoms with E-state index in [0.29, 0.717) is 6.54 Å². The Labute approximate surface area is 138 Å². The van der Waals surface area contributed by atoms with E-state index in [4.69, 9.17) is 4.42 Å². The molecule has 2 heterocycles. The number of rotatable bonds is 4. The molecule has 0 saturated carbocycles. The van der Waals surface area contributed by atoms with Crippen LogP contribution >= 0.6 is 0 Å². The van der Waals surface area contributed by atoms with Gasteiger partial charge >= 0.3 is 0 Å². The molecule has 5 heteroatoms. The molecule has 1 fully saturated rings. The molecule has 0 aromatic carbocycles. The molecule has 0 aliphatic carbocycles. The number of carbonyl (C=O) groups is 2. The van der Waals surface area contributed by atoms with Crippen LogP contribution < -0.4 is 5.32 Å². The van der Waals surface area contributed by atoms with E-state index in [1.165, 1.54) is 6.92 Å². The minimum absolute atomic E-state index is 0.0405. The topological polar surface area (TPSA) is 62.6 Å². The van der Waals surface area contributed by atoms with Crippen LogP contribution in [-0.4, -0.2) is 29.3 Å². The zero-order chi connectivity index (χ0) is 17.2. The number of nitrogens with one attached hydrogen (secondary N) is 1. The highest BCUT2D eigenvalue weighted by molar-refractivity contribution is 5.87. The Balaban J connectivity index is 2.18. The molecular formula is C18H28N2O3. The van der Waals surface area contributed by atoms with Crippen molar-refractivity contribution in [2.45, 2.75) is 66.0 Å². The second kappa shape index (κ2) is 6.77. The lowest BCUT2D eigenvalue weighted by Gasteiger charge is -2.32. The van der Waals surface area contributed by atoms with E-state index in [2.05, 4.69) is 26.1 Å². The Morgan fingerprint density at radius 1 is 1.39 bits per heavy atom. The average Bonchev–Trinajstić information content (AvgIpc) is 3.11. The lowest BCUT2D eigenvalue weighted by atomic mass is 9.85. The Hall–Kier alpha value is -1.78. The number of hydrogen-bond acceptors (Lipinski definition) is 3. The molecule has 2 amide bonds. The van der Waals surface area contributed by atoms with Crippen molar-refractivity contribution in [3.8, 4) is 0 Å². The van der Waals surface area contributed by atoms with E-state index in [0.717, 1.165) is 30.8 Å². The van der Waals surface area contributed by atoms with Gasteiger partial charge in [0.1, 0.15) is 17.6 Å². The zero-order valence-corrected chi connectivity index (χ0v) is 14.8. The van der Waals surface area contributed by atoms with E-state index in [1.54, 1.807) is 4.90 Å². The maximum atomic E-state index is 12.7. The molecule has 1 aromatic rings. The first kappa shape index (κ1) is 17.6. The van der Waals surface area contributed by atoms with Gasteiger partial charge in [0.15, 0.2) is 0 Å². The van der Waals surface area contributed by atoms with Crippen LogP contribution in [0.15, 0.2) is 16.5 Å². The van der Waals surface area contributed by atoms with E-state index >= 15 is 0 Å². The summed E-state index contributed by atoms with van der Waals surface area (Å²) in [6.07, 6.45) is 2.42. The second-order valence-corrected chi connectivity index (χ2v) is 7.34. The highest BCUT2D eigenvalue weighted by Gasteiger charge is 2.37.